The molecule has 0 unspecified atom stereocenters. The maximum absolute atomic E-state index is 5.57. The molecule has 0 aliphatic rings. The summed E-state index contributed by atoms with van der Waals surface area (Å²) in [5.74, 6) is 0. The van der Waals surface area contributed by atoms with Gasteiger partial charge in [0.05, 0.1) is 11.5 Å². The molecule has 0 N–H and O–H groups in total. The second kappa shape index (κ2) is 5.45. The Bertz CT molecular complexity index is 909. The fourth-order valence-electron chi connectivity index (χ4n) is 2.69. The van der Waals surface area contributed by atoms with Gasteiger partial charge in [0.2, 0.25) is 0 Å². The van der Waals surface area contributed by atoms with Gasteiger partial charge in [-0.3, -0.25) is 0 Å². The Morgan fingerprint density at radius 2 is 1.14 bits per heavy atom. The van der Waals surface area contributed by atoms with Crippen LogP contribution in [0.3, 0.4) is 0 Å². The van der Waals surface area contributed by atoms with Crippen LogP contribution in [0.4, 0.5) is 0 Å². The van der Waals surface area contributed by atoms with Crippen LogP contribution in [0.5, 0.6) is 0 Å². The van der Waals surface area contributed by atoms with E-state index in [4.69, 9.17) is 4.42 Å². The molecule has 0 spiro atoms. The monoisotopic (exact) mass is 283 g/mol. The maximum atomic E-state index is 5.57. The molecule has 1 aromatic heterocycles. The summed E-state index contributed by atoms with van der Waals surface area (Å²) in [6, 6.07) is 29.4. The number of benzene rings is 3. The quantitative estimate of drug-likeness (QED) is 0.408. The van der Waals surface area contributed by atoms with Crippen LogP contribution in [0.15, 0.2) is 95.6 Å². The zero-order valence-electron chi connectivity index (χ0n) is 12.1. The van der Waals surface area contributed by atoms with E-state index in [-0.39, 0.29) is 0 Å². The fraction of sp³-hybridized carbons (Fsp3) is 0. The van der Waals surface area contributed by atoms with E-state index >= 15 is 0 Å². The molecule has 0 aliphatic heterocycles. The van der Waals surface area contributed by atoms with Gasteiger partial charge in [0.1, 0.15) is 0 Å². The van der Waals surface area contributed by atoms with Gasteiger partial charge in [-0.15, -0.1) is 0 Å². The Morgan fingerprint density at radius 3 is 1.91 bits per heavy atom. The first-order valence-corrected chi connectivity index (χ1v) is 7.37. The van der Waals surface area contributed by atoms with E-state index in [1.807, 2.05) is 12.1 Å². The van der Waals surface area contributed by atoms with Crippen molar-refractivity contribution in [2.45, 2.75) is 0 Å². The van der Waals surface area contributed by atoms with E-state index in [9.17, 15) is 0 Å². The summed E-state index contributed by atoms with van der Waals surface area (Å²) in [6.07, 6.45) is 1.71. The average Bonchev–Trinajstić information content (AvgIpc) is 2.62. The Kier molecular flexibility index (Phi) is 3.17. The van der Waals surface area contributed by atoms with Crippen LogP contribution in [0, 0.1) is 0 Å². The van der Waals surface area contributed by atoms with Gasteiger partial charge >= 0.3 is 11.8 Å². The van der Waals surface area contributed by atoms with Gasteiger partial charge in [0.15, 0.2) is 0 Å². The fourth-order valence-corrected chi connectivity index (χ4v) is 2.69. The molecule has 0 aliphatic carbocycles. The minimum absolute atomic E-state index is 0.909. The number of hydrogen-bond donors (Lipinski definition) is 0. The lowest BCUT2D eigenvalue weighted by Crippen LogP contribution is -1.81. The molecule has 0 radical (unpaired) electrons. The SMILES string of the molecule is c1ccc(-c2ccc(-c3ccc4ccc[o+]c4c3)cc2)cc1. The van der Waals surface area contributed by atoms with Crippen LogP contribution in [0.25, 0.3) is 33.2 Å². The van der Waals surface area contributed by atoms with Crippen molar-refractivity contribution in [1.82, 2.24) is 0 Å². The van der Waals surface area contributed by atoms with Gasteiger partial charge in [-0.25, -0.2) is 4.42 Å². The molecule has 3 aromatic carbocycles. The first-order chi connectivity index (χ1) is 10.9. The lowest BCUT2D eigenvalue weighted by Gasteiger charge is -2.04. The Morgan fingerprint density at radius 1 is 0.500 bits per heavy atom. The third-order valence-electron chi connectivity index (χ3n) is 3.89. The van der Waals surface area contributed by atoms with Crippen molar-refractivity contribution >= 4 is 11.0 Å². The van der Waals surface area contributed by atoms with Crippen molar-refractivity contribution in [3.63, 3.8) is 0 Å². The molecule has 1 heterocycles. The van der Waals surface area contributed by atoms with Crippen molar-refractivity contribution in [2.24, 2.45) is 0 Å². The zero-order chi connectivity index (χ0) is 14.8. The third-order valence-corrected chi connectivity index (χ3v) is 3.89. The van der Waals surface area contributed by atoms with Gasteiger partial charge in [0, 0.05) is 6.07 Å². The molecule has 104 valence electrons. The second-order valence-electron chi connectivity index (χ2n) is 5.31. The molecule has 1 nitrogen and oxygen atoms in total. The number of hydrogen-bond acceptors (Lipinski definition) is 0. The van der Waals surface area contributed by atoms with Crippen LogP contribution in [0.1, 0.15) is 0 Å². The summed E-state index contributed by atoms with van der Waals surface area (Å²) in [7, 11) is 0. The molecule has 0 fully saturated rings. The van der Waals surface area contributed by atoms with Crippen LogP contribution in [-0.4, -0.2) is 0 Å². The highest BCUT2D eigenvalue weighted by Crippen LogP contribution is 2.27. The van der Waals surface area contributed by atoms with Crippen LogP contribution < -0.4 is 0 Å². The largest absolute Gasteiger partial charge is 0.360 e. The Balaban J connectivity index is 1.73. The van der Waals surface area contributed by atoms with Crippen molar-refractivity contribution in [3.05, 3.63) is 91.2 Å². The number of fused-ring (bicyclic) bond motifs is 1. The van der Waals surface area contributed by atoms with Crippen molar-refractivity contribution in [2.75, 3.05) is 0 Å². The summed E-state index contributed by atoms with van der Waals surface area (Å²) >= 11 is 0. The normalized spacial score (nSPS) is 10.7. The first-order valence-electron chi connectivity index (χ1n) is 7.37. The van der Waals surface area contributed by atoms with Crippen molar-refractivity contribution in [1.29, 1.82) is 0 Å². The smallest absolute Gasteiger partial charge is 0.216 e. The molecule has 0 atom stereocenters. The van der Waals surface area contributed by atoms with Crippen molar-refractivity contribution in [3.8, 4) is 22.3 Å². The molecular weight excluding hydrogens is 268 g/mol. The molecule has 4 aromatic rings. The predicted molar refractivity (Wildman–Crippen MR) is 91.5 cm³/mol. The zero-order valence-corrected chi connectivity index (χ0v) is 12.1. The molecular formula is C21H15O+. The van der Waals surface area contributed by atoms with Crippen LogP contribution >= 0.6 is 0 Å². The van der Waals surface area contributed by atoms with E-state index in [1.54, 1.807) is 6.26 Å². The van der Waals surface area contributed by atoms with Gasteiger partial charge in [-0.1, -0.05) is 60.7 Å². The standard InChI is InChI=1S/C21H15O/c1-2-5-16(6-3-1)17-8-10-18(11-9-17)20-13-12-19-7-4-14-22-21(19)15-20/h1-15H/q+1. The molecule has 0 saturated heterocycles. The van der Waals surface area contributed by atoms with Gasteiger partial charge < -0.3 is 0 Å². The van der Waals surface area contributed by atoms with Crippen LogP contribution in [-0.2, 0) is 0 Å². The minimum Gasteiger partial charge on any atom is -0.216 e. The summed E-state index contributed by atoms with van der Waals surface area (Å²) in [5.41, 5.74) is 5.74. The van der Waals surface area contributed by atoms with Gasteiger partial charge in [0.25, 0.3) is 0 Å². The lowest BCUT2D eigenvalue weighted by molar-refractivity contribution is 0.604. The summed E-state index contributed by atoms with van der Waals surface area (Å²) in [5, 5.41) is 1.12. The Hall–Kier alpha value is -2.93. The predicted octanol–water partition coefficient (Wildman–Crippen LogP) is 6.05. The summed E-state index contributed by atoms with van der Waals surface area (Å²) < 4.78 is 5.57. The highest BCUT2D eigenvalue weighted by molar-refractivity contribution is 5.83. The lowest BCUT2D eigenvalue weighted by atomic mass is 10.00. The minimum atomic E-state index is 0.909. The Labute approximate surface area is 129 Å². The topological polar surface area (TPSA) is 11.3 Å². The van der Waals surface area contributed by atoms with E-state index < -0.39 is 0 Å². The van der Waals surface area contributed by atoms with E-state index in [0.29, 0.717) is 0 Å². The molecule has 4 rings (SSSR count). The molecule has 1 heteroatoms. The second-order valence-corrected chi connectivity index (χ2v) is 5.31. The molecule has 22 heavy (non-hydrogen) atoms. The average molecular weight is 283 g/mol. The first kappa shape index (κ1) is 12.8. The van der Waals surface area contributed by atoms with Crippen molar-refractivity contribution < 1.29 is 4.42 Å². The summed E-state index contributed by atoms with van der Waals surface area (Å²) in [4.78, 5) is 0. The number of rotatable bonds is 2. The van der Waals surface area contributed by atoms with Gasteiger partial charge in [-0.2, -0.15) is 0 Å². The van der Waals surface area contributed by atoms with Crippen LogP contribution in [0.2, 0.25) is 0 Å². The van der Waals surface area contributed by atoms with E-state index in [0.717, 1.165) is 11.0 Å². The molecule has 0 bridgehead atoms. The third kappa shape index (κ3) is 2.38. The van der Waals surface area contributed by atoms with E-state index in [2.05, 4.69) is 72.8 Å². The van der Waals surface area contributed by atoms with E-state index in [1.165, 1.54) is 22.3 Å². The van der Waals surface area contributed by atoms with Gasteiger partial charge in [-0.05, 0) is 34.4 Å². The maximum Gasteiger partial charge on any atom is 0.360 e. The highest BCUT2D eigenvalue weighted by atomic mass is 16.3. The molecule has 0 saturated carbocycles. The summed E-state index contributed by atoms with van der Waals surface area (Å²) in [6.45, 7) is 0. The highest BCUT2D eigenvalue weighted by Gasteiger charge is 2.07. The molecule has 0 amide bonds.